The van der Waals surface area contributed by atoms with Crippen LogP contribution >= 0.6 is 23.5 Å². The highest BCUT2D eigenvalue weighted by molar-refractivity contribution is 8.02. The molecule has 168 valence electrons. The highest BCUT2D eigenvalue weighted by atomic mass is 32.2. The van der Waals surface area contributed by atoms with Crippen molar-refractivity contribution >= 4 is 35.1 Å². The zero-order valence-corrected chi connectivity index (χ0v) is 19.8. The Bertz CT molecular complexity index is 827. The molecule has 6 nitrogen and oxygen atoms in total. The SMILES string of the molecule is COc1ccc(NC(=O)CN2CCN(CC(O)CSc3ccccc3SC)CC2)cc1. The Morgan fingerprint density at radius 1 is 1.06 bits per heavy atom. The van der Waals surface area contributed by atoms with E-state index in [1.54, 1.807) is 30.6 Å². The van der Waals surface area contributed by atoms with E-state index in [9.17, 15) is 9.90 Å². The number of hydrogen-bond acceptors (Lipinski definition) is 7. The van der Waals surface area contributed by atoms with Crippen molar-refractivity contribution < 1.29 is 14.6 Å². The Morgan fingerprint density at radius 3 is 2.35 bits per heavy atom. The monoisotopic (exact) mass is 461 g/mol. The number of anilines is 1. The molecule has 1 atom stereocenters. The van der Waals surface area contributed by atoms with Gasteiger partial charge in [0.15, 0.2) is 0 Å². The molecule has 8 heteroatoms. The van der Waals surface area contributed by atoms with Crippen LogP contribution < -0.4 is 10.1 Å². The van der Waals surface area contributed by atoms with Gasteiger partial charge in [0.25, 0.3) is 0 Å². The number of nitrogens with zero attached hydrogens (tertiary/aromatic N) is 2. The Labute approximate surface area is 193 Å². The van der Waals surface area contributed by atoms with Crippen molar-refractivity contribution in [3.8, 4) is 5.75 Å². The minimum atomic E-state index is -0.371. The molecule has 0 saturated carbocycles. The van der Waals surface area contributed by atoms with Gasteiger partial charge >= 0.3 is 0 Å². The van der Waals surface area contributed by atoms with E-state index >= 15 is 0 Å². The molecule has 0 aliphatic carbocycles. The number of benzene rings is 2. The molecule has 0 radical (unpaired) electrons. The van der Waals surface area contributed by atoms with Gasteiger partial charge in [0.2, 0.25) is 5.91 Å². The molecule has 3 rings (SSSR count). The molecule has 0 aromatic heterocycles. The fraction of sp³-hybridized carbons (Fsp3) is 0.435. The first kappa shape index (κ1) is 23.9. The van der Waals surface area contributed by atoms with Crippen LogP contribution in [0.1, 0.15) is 0 Å². The maximum absolute atomic E-state index is 12.3. The molecule has 1 aliphatic heterocycles. The van der Waals surface area contributed by atoms with E-state index in [2.05, 4.69) is 33.5 Å². The van der Waals surface area contributed by atoms with E-state index in [1.807, 2.05) is 36.4 Å². The molecule has 0 spiro atoms. The number of thioether (sulfide) groups is 2. The number of ether oxygens (including phenoxy) is 1. The molecule has 1 amide bonds. The number of rotatable bonds is 10. The highest BCUT2D eigenvalue weighted by Crippen LogP contribution is 2.29. The van der Waals surface area contributed by atoms with E-state index in [4.69, 9.17) is 4.74 Å². The largest absolute Gasteiger partial charge is 0.497 e. The Hall–Kier alpha value is -1.71. The zero-order valence-electron chi connectivity index (χ0n) is 18.1. The van der Waals surface area contributed by atoms with Gasteiger partial charge < -0.3 is 15.2 Å². The number of nitrogens with one attached hydrogen (secondary N) is 1. The highest BCUT2D eigenvalue weighted by Gasteiger charge is 2.21. The second-order valence-corrected chi connectivity index (χ2v) is 9.38. The molecule has 2 aromatic rings. The third kappa shape index (κ3) is 7.73. The summed E-state index contributed by atoms with van der Waals surface area (Å²) < 4.78 is 5.14. The minimum Gasteiger partial charge on any atom is -0.497 e. The topological polar surface area (TPSA) is 65.0 Å². The Morgan fingerprint density at radius 2 is 1.71 bits per heavy atom. The summed E-state index contributed by atoms with van der Waals surface area (Å²) >= 11 is 3.44. The van der Waals surface area contributed by atoms with Gasteiger partial charge in [-0.15, -0.1) is 23.5 Å². The summed E-state index contributed by atoms with van der Waals surface area (Å²) in [6, 6.07) is 15.6. The van der Waals surface area contributed by atoms with E-state index in [-0.39, 0.29) is 12.0 Å². The van der Waals surface area contributed by atoms with Gasteiger partial charge in [-0.25, -0.2) is 0 Å². The van der Waals surface area contributed by atoms with E-state index in [0.717, 1.165) is 37.6 Å². The fourth-order valence-corrected chi connectivity index (χ4v) is 5.26. The number of aliphatic hydroxyl groups is 1. The molecule has 1 unspecified atom stereocenters. The number of hydrogen-bond donors (Lipinski definition) is 2. The van der Waals surface area contributed by atoms with Crippen LogP contribution in [0.4, 0.5) is 5.69 Å². The zero-order chi connectivity index (χ0) is 22.1. The average Bonchev–Trinajstić information content (AvgIpc) is 2.79. The first-order chi connectivity index (χ1) is 15.1. The molecule has 1 saturated heterocycles. The Balaban J connectivity index is 1.35. The molecular formula is C23H31N3O3S2. The molecular weight excluding hydrogens is 430 g/mol. The number of carbonyl (C=O) groups excluding carboxylic acids is 1. The summed E-state index contributed by atoms with van der Waals surface area (Å²) in [5.41, 5.74) is 0.771. The van der Waals surface area contributed by atoms with Gasteiger partial charge in [-0.05, 0) is 42.7 Å². The molecule has 1 heterocycles. The smallest absolute Gasteiger partial charge is 0.238 e. The standard InChI is InChI=1S/C23H31N3O3S2/c1-29-20-9-7-18(8-10-20)24-23(28)16-26-13-11-25(12-14-26)15-19(27)17-31-22-6-4-3-5-21(22)30-2/h3-10,19,27H,11-17H2,1-2H3,(H,24,28). The van der Waals surface area contributed by atoms with Crippen molar-refractivity contribution in [3.63, 3.8) is 0 Å². The van der Waals surface area contributed by atoms with Crippen LogP contribution in [0.3, 0.4) is 0 Å². The van der Waals surface area contributed by atoms with Gasteiger partial charge in [0, 0.05) is 54.0 Å². The van der Waals surface area contributed by atoms with Crippen molar-refractivity contribution in [1.82, 2.24) is 9.80 Å². The predicted molar refractivity (Wildman–Crippen MR) is 129 cm³/mol. The van der Waals surface area contributed by atoms with E-state index in [1.165, 1.54) is 9.79 Å². The van der Waals surface area contributed by atoms with Crippen molar-refractivity contribution in [1.29, 1.82) is 0 Å². The fourth-order valence-electron chi connectivity index (χ4n) is 3.48. The van der Waals surface area contributed by atoms with Gasteiger partial charge in [0.05, 0.1) is 19.8 Å². The van der Waals surface area contributed by atoms with Gasteiger partial charge in [-0.1, -0.05) is 12.1 Å². The molecule has 2 N–H and O–H groups in total. The van der Waals surface area contributed by atoms with Crippen molar-refractivity contribution in [3.05, 3.63) is 48.5 Å². The summed E-state index contributed by atoms with van der Waals surface area (Å²) in [7, 11) is 1.62. The third-order valence-electron chi connectivity index (χ3n) is 5.18. The summed E-state index contributed by atoms with van der Waals surface area (Å²) in [5.74, 6) is 1.44. The lowest BCUT2D eigenvalue weighted by molar-refractivity contribution is -0.117. The van der Waals surface area contributed by atoms with E-state index in [0.29, 0.717) is 18.8 Å². The Kier molecular flexibility index (Phi) is 9.54. The number of amides is 1. The molecule has 31 heavy (non-hydrogen) atoms. The summed E-state index contributed by atoms with van der Waals surface area (Å²) in [5, 5.41) is 13.4. The van der Waals surface area contributed by atoms with Crippen LogP contribution in [0.5, 0.6) is 5.75 Å². The quantitative estimate of drug-likeness (QED) is 0.527. The van der Waals surface area contributed by atoms with Gasteiger partial charge in [-0.2, -0.15) is 0 Å². The summed E-state index contributed by atoms with van der Waals surface area (Å²) in [6.45, 7) is 4.42. The van der Waals surface area contributed by atoms with Crippen molar-refractivity contribution in [2.24, 2.45) is 0 Å². The lowest BCUT2D eigenvalue weighted by atomic mass is 10.2. The predicted octanol–water partition coefficient (Wildman–Crippen LogP) is 3.13. The second-order valence-electron chi connectivity index (χ2n) is 7.47. The van der Waals surface area contributed by atoms with Crippen LogP contribution in [-0.2, 0) is 4.79 Å². The van der Waals surface area contributed by atoms with Gasteiger partial charge in [0.1, 0.15) is 5.75 Å². The molecule has 2 aromatic carbocycles. The third-order valence-corrected chi connectivity index (χ3v) is 7.32. The number of carbonyl (C=O) groups is 1. The lowest BCUT2D eigenvalue weighted by Crippen LogP contribution is -2.50. The lowest BCUT2D eigenvalue weighted by Gasteiger charge is -2.35. The maximum Gasteiger partial charge on any atom is 0.238 e. The number of methoxy groups -OCH3 is 1. The summed E-state index contributed by atoms with van der Waals surface area (Å²) in [6.07, 6.45) is 1.71. The molecule has 0 bridgehead atoms. The van der Waals surface area contributed by atoms with Crippen LogP contribution in [0.15, 0.2) is 58.3 Å². The van der Waals surface area contributed by atoms with Crippen LogP contribution in [0, 0.1) is 0 Å². The number of piperazine rings is 1. The summed E-state index contributed by atoms with van der Waals surface area (Å²) in [4.78, 5) is 19.2. The second kappa shape index (κ2) is 12.4. The number of β-amino-alcohol motifs (C(OH)–C–C–N with tert-alkyl or cyclic N) is 1. The maximum atomic E-state index is 12.3. The van der Waals surface area contributed by atoms with Crippen LogP contribution in [0.2, 0.25) is 0 Å². The first-order valence-corrected chi connectivity index (χ1v) is 12.6. The molecule has 1 fully saturated rings. The van der Waals surface area contributed by atoms with E-state index < -0.39 is 0 Å². The number of aliphatic hydroxyl groups excluding tert-OH is 1. The normalized spacial score (nSPS) is 16.1. The van der Waals surface area contributed by atoms with Crippen molar-refractivity contribution in [2.75, 3.05) is 63.7 Å². The van der Waals surface area contributed by atoms with Gasteiger partial charge in [-0.3, -0.25) is 14.6 Å². The molecule has 1 aliphatic rings. The van der Waals surface area contributed by atoms with Crippen LogP contribution in [-0.4, -0.2) is 85.3 Å². The minimum absolute atomic E-state index is 0.0116. The first-order valence-electron chi connectivity index (χ1n) is 10.4. The van der Waals surface area contributed by atoms with Crippen LogP contribution in [0.25, 0.3) is 0 Å². The average molecular weight is 462 g/mol. The van der Waals surface area contributed by atoms with Crippen molar-refractivity contribution in [2.45, 2.75) is 15.9 Å².